The number of carbonyl (C=O) groups is 2. The number of halogens is 1. The van der Waals surface area contributed by atoms with Gasteiger partial charge in [0.1, 0.15) is 0 Å². The number of benzene rings is 1. The summed E-state index contributed by atoms with van der Waals surface area (Å²) in [4.78, 5) is 28.4. The largest absolute Gasteiger partial charge is 0.341 e. The van der Waals surface area contributed by atoms with E-state index in [0.29, 0.717) is 31.6 Å². The average Bonchev–Trinajstić information content (AvgIpc) is 2.78. The maximum atomic E-state index is 12.5. The molecule has 0 radical (unpaired) electrons. The Kier molecular flexibility index (Phi) is 6.43. The summed E-state index contributed by atoms with van der Waals surface area (Å²) in [6.07, 6.45) is 3.45. The summed E-state index contributed by atoms with van der Waals surface area (Å²) in [6, 6.07) is 7.43. The van der Waals surface area contributed by atoms with Crippen molar-refractivity contribution in [3.05, 3.63) is 34.3 Å². The van der Waals surface area contributed by atoms with Gasteiger partial charge in [0.05, 0.1) is 0 Å². The van der Waals surface area contributed by atoms with Crippen LogP contribution in [-0.4, -0.2) is 47.8 Å². The number of rotatable bonds is 4. The maximum Gasteiger partial charge on any atom is 0.253 e. The second-order valence-corrected chi connectivity index (χ2v) is 6.55. The third kappa shape index (κ3) is 4.57. The Morgan fingerprint density at radius 3 is 2.36 bits per heavy atom. The molecule has 2 rings (SSSR count). The van der Waals surface area contributed by atoms with Crippen LogP contribution < -0.4 is 0 Å². The first-order chi connectivity index (χ1) is 10.6. The van der Waals surface area contributed by atoms with Crippen LogP contribution in [0.3, 0.4) is 0 Å². The van der Waals surface area contributed by atoms with Crippen LogP contribution in [0.5, 0.6) is 0 Å². The van der Waals surface area contributed by atoms with E-state index in [2.05, 4.69) is 22.9 Å². The fraction of sp³-hybridized carbons (Fsp3) is 0.529. The van der Waals surface area contributed by atoms with Gasteiger partial charge in [-0.3, -0.25) is 9.59 Å². The molecule has 4 nitrogen and oxygen atoms in total. The Labute approximate surface area is 140 Å². The molecule has 0 atom stereocenters. The van der Waals surface area contributed by atoms with Crippen molar-refractivity contribution >= 4 is 27.7 Å². The van der Waals surface area contributed by atoms with Crippen LogP contribution in [0.25, 0.3) is 0 Å². The van der Waals surface area contributed by atoms with Crippen molar-refractivity contribution in [3.8, 4) is 0 Å². The number of carbonyl (C=O) groups excluding carboxylic acids is 2. The molecule has 1 aromatic carbocycles. The smallest absolute Gasteiger partial charge is 0.253 e. The minimum absolute atomic E-state index is 0.0513. The summed E-state index contributed by atoms with van der Waals surface area (Å²) in [7, 11) is 0. The van der Waals surface area contributed by atoms with E-state index in [1.165, 1.54) is 0 Å². The zero-order valence-electron chi connectivity index (χ0n) is 13.1. The van der Waals surface area contributed by atoms with Gasteiger partial charge in [0.15, 0.2) is 0 Å². The van der Waals surface area contributed by atoms with E-state index in [0.717, 1.165) is 30.3 Å². The summed E-state index contributed by atoms with van der Waals surface area (Å²) in [5.41, 5.74) is 0.703. The lowest BCUT2D eigenvalue weighted by Gasteiger charge is -2.22. The Morgan fingerprint density at radius 2 is 1.68 bits per heavy atom. The predicted molar refractivity (Wildman–Crippen MR) is 90.8 cm³/mol. The van der Waals surface area contributed by atoms with Crippen LogP contribution in [0.2, 0.25) is 0 Å². The normalized spacial score (nSPS) is 15.5. The molecule has 2 amide bonds. The van der Waals surface area contributed by atoms with Gasteiger partial charge in [0, 0.05) is 42.6 Å². The summed E-state index contributed by atoms with van der Waals surface area (Å²) in [6.45, 7) is 4.82. The SMILES string of the molecule is CCCCC(=O)N1CCCN(C(=O)c2ccc(Br)cc2)CC1. The molecule has 1 aliphatic heterocycles. The number of hydrogen-bond acceptors (Lipinski definition) is 2. The van der Waals surface area contributed by atoms with Crippen molar-refractivity contribution in [1.29, 1.82) is 0 Å². The number of amides is 2. The van der Waals surface area contributed by atoms with Crippen LogP contribution in [0, 0.1) is 0 Å². The van der Waals surface area contributed by atoms with Crippen molar-refractivity contribution < 1.29 is 9.59 Å². The standard InChI is InChI=1S/C17H23BrN2O2/c1-2-3-5-16(21)19-10-4-11-20(13-12-19)17(22)14-6-8-15(18)9-7-14/h6-9H,2-5,10-13H2,1H3. The number of unbranched alkanes of at least 4 members (excludes halogenated alkanes) is 1. The quantitative estimate of drug-likeness (QED) is 0.819. The molecule has 0 unspecified atom stereocenters. The van der Waals surface area contributed by atoms with Crippen molar-refractivity contribution in [3.63, 3.8) is 0 Å². The minimum atomic E-state index is 0.0513. The first kappa shape index (κ1) is 17.0. The predicted octanol–water partition coefficient (Wildman–Crippen LogP) is 3.31. The molecule has 1 saturated heterocycles. The molecule has 0 aliphatic carbocycles. The van der Waals surface area contributed by atoms with Gasteiger partial charge in [-0.05, 0) is 37.1 Å². The Hall–Kier alpha value is -1.36. The van der Waals surface area contributed by atoms with E-state index in [9.17, 15) is 9.59 Å². The second-order valence-electron chi connectivity index (χ2n) is 5.64. The lowest BCUT2D eigenvalue weighted by atomic mass is 10.2. The highest BCUT2D eigenvalue weighted by Gasteiger charge is 2.22. The molecule has 0 bridgehead atoms. The molecule has 1 aromatic rings. The van der Waals surface area contributed by atoms with E-state index in [1.807, 2.05) is 34.1 Å². The van der Waals surface area contributed by atoms with Gasteiger partial charge in [0.2, 0.25) is 5.91 Å². The van der Waals surface area contributed by atoms with Crippen LogP contribution in [-0.2, 0) is 4.79 Å². The molecule has 1 heterocycles. The molecular weight excluding hydrogens is 344 g/mol. The van der Waals surface area contributed by atoms with Crippen LogP contribution >= 0.6 is 15.9 Å². The molecule has 120 valence electrons. The number of nitrogens with zero attached hydrogens (tertiary/aromatic N) is 2. The third-order valence-corrected chi connectivity index (χ3v) is 4.50. The van der Waals surface area contributed by atoms with Crippen molar-refractivity contribution in [2.75, 3.05) is 26.2 Å². The minimum Gasteiger partial charge on any atom is -0.341 e. The Bertz CT molecular complexity index is 516. The third-order valence-electron chi connectivity index (χ3n) is 3.97. The van der Waals surface area contributed by atoms with Gasteiger partial charge in [-0.15, -0.1) is 0 Å². The molecule has 22 heavy (non-hydrogen) atoms. The Morgan fingerprint density at radius 1 is 1.05 bits per heavy atom. The van der Waals surface area contributed by atoms with Gasteiger partial charge in [-0.25, -0.2) is 0 Å². The van der Waals surface area contributed by atoms with E-state index >= 15 is 0 Å². The zero-order valence-corrected chi connectivity index (χ0v) is 14.6. The lowest BCUT2D eigenvalue weighted by molar-refractivity contribution is -0.131. The highest BCUT2D eigenvalue weighted by atomic mass is 79.9. The van der Waals surface area contributed by atoms with E-state index < -0.39 is 0 Å². The fourth-order valence-electron chi connectivity index (χ4n) is 2.63. The summed E-state index contributed by atoms with van der Waals surface area (Å²) >= 11 is 3.38. The van der Waals surface area contributed by atoms with Crippen LogP contribution in [0.15, 0.2) is 28.7 Å². The summed E-state index contributed by atoms with van der Waals surface area (Å²) in [5, 5.41) is 0. The van der Waals surface area contributed by atoms with E-state index in [-0.39, 0.29) is 11.8 Å². The van der Waals surface area contributed by atoms with Crippen LogP contribution in [0.4, 0.5) is 0 Å². The molecule has 0 aromatic heterocycles. The van der Waals surface area contributed by atoms with Crippen molar-refractivity contribution in [1.82, 2.24) is 9.80 Å². The van der Waals surface area contributed by atoms with E-state index in [4.69, 9.17) is 0 Å². The monoisotopic (exact) mass is 366 g/mol. The van der Waals surface area contributed by atoms with Gasteiger partial charge in [0.25, 0.3) is 5.91 Å². The molecule has 1 fully saturated rings. The van der Waals surface area contributed by atoms with Crippen LogP contribution in [0.1, 0.15) is 43.0 Å². The highest BCUT2D eigenvalue weighted by Crippen LogP contribution is 2.14. The topological polar surface area (TPSA) is 40.6 Å². The first-order valence-electron chi connectivity index (χ1n) is 7.94. The van der Waals surface area contributed by atoms with Gasteiger partial charge in [-0.1, -0.05) is 29.3 Å². The van der Waals surface area contributed by atoms with Gasteiger partial charge >= 0.3 is 0 Å². The van der Waals surface area contributed by atoms with Crippen molar-refractivity contribution in [2.24, 2.45) is 0 Å². The molecule has 5 heteroatoms. The highest BCUT2D eigenvalue weighted by molar-refractivity contribution is 9.10. The van der Waals surface area contributed by atoms with Gasteiger partial charge in [-0.2, -0.15) is 0 Å². The Balaban J connectivity index is 1.93. The lowest BCUT2D eigenvalue weighted by Crippen LogP contribution is -2.37. The maximum absolute atomic E-state index is 12.5. The molecule has 0 spiro atoms. The van der Waals surface area contributed by atoms with E-state index in [1.54, 1.807) is 0 Å². The zero-order chi connectivity index (χ0) is 15.9. The fourth-order valence-corrected chi connectivity index (χ4v) is 2.90. The van der Waals surface area contributed by atoms with Gasteiger partial charge < -0.3 is 9.80 Å². The van der Waals surface area contributed by atoms with Crippen molar-refractivity contribution in [2.45, 2.75) is 32.6 Å². The number of hydrogen-bond donors (Lipinski definition) is 0. The summed E-state index contributed by atoms with van der Waals surface area (Å²) in [5.74, 6) is 0.273. The molecule has 1 aliphatic rings. The molecular formula is C17H23BrN2O2. The molecule has 0 saturated carbocycles. The summed E-state index contributed by atoms with van der Waals surface area (Å²) < 4.78 is 0.965. The first-order valence-corrected chi connectivity index (χ1v) is 8.73. The molecule has 0 N–H and O–H groups in total. The average molecular weight is 367 g/mol. The second kappa shape index (κ2) is 8.32.